The van der Waals surface area contributed by atoms with Gasteiger partial charge in [0, 0.05) is 33.9 Å². The summed E-state index contributed by atoms with van der Waals surface area (Å²) in [6.07, 6.45) is 4.59. The fourth-order valence-electron chi connectivity index (χ4n) is 2.60. The number of aryl methyl sites for hydroxylation is 1. The van der Waals surface area contributed by atoms with Crippen molar-refractivity contribution in [3.05, 3.63) is 34.7 Å². The molecule has 106 valence electrons. The second-order valence-corrected chi connectivity index (χ2v) is 6.32. The summed E-state index contributed by atoms with van der Waals surface area (Å²) in [4.78, 5) is 14.5. The number of rotatable bonds is 2. The molecule has 0 saturated carbocycles. The van der Waals surface area contributed by atoms with Gasteiger partial charge in [0.2, 0.25) is 5.95 Å². The SMILES string of the molecule is Cc1ccnc(Nc2nc3c(s2)CC(C)c2[nH]ncc2-3)n1. The van der Waals surface area contributed by atoms with Crippen LogP contribution >= 0.6 is 11.3 Å². The van der Waals surface area contributed by atoms with Crippen molar-refractivity contribution in [1.29, 1.82) is 0 Å². The topological polar surface area (TPSA) is 79.4 Å². The van der Waals surface area contributed by atoms with Gasteiger partial charge in [-0.15, -0.1) is 11.3 Å². The minimum absolute atomic E-state index is 0.443. The Bertz CT molecular complexity index is 805. The molecule has 4 rings (SSSR count). The second kappa shape index (κ2) is 4.63. The molecule has 21 heavy (non-hydrogen) atoms. The molecule has 6 nitrogen and oxygen atoms in total. The summed E-state index contributed by atoms with van der Waals surface area (Å²) in [6, 6.07) is 1.87. The number of nitrogens with one attached hydrogen (secondary N) is 2. The summed E-state index contributed by atoms with van der Waals surface area (Å²) in [6.45, 7) is 4.15. The van der Waals surface area contributed by atoms with Crippen molar-refractivity contribution in [3.63, 3.8) is 0 Å². The Labute approximate surface area is 125 Å². The van der Waals surface area contributed by atoms with E-state index in [9.17, 15) is 0 Å². The third-order valence-corrected chi connectivity index (χ3v) is 4.61. The van der Waals surface area contributed by atoms with Crippen LogP contribution in [0, 0.1) is 6.92 Å². The molecular weight excluding hydrogens is 284 g/mol. The molecule has 1 atom stereocenters. The zero-order chi connectivity index (χ0) is 14.4. The largest absolute Gasteiger partial charge is 0.300 e. The van der Waals surface area contributed by atoms with Crippen LogP contribution in [0.1, 0.15) is 29.1 Å². The normalized spacial score (nSPS) is 16.4. The molecule has 0 amide bonds. The minimum Gasteiger partial charge on any atom is -0.300 e. The Kier molecular flexibility index (Phi) is 2.75. The van der Waals surface area contributed by atoms with Crippen molar-refractivity contribution in [2.45, 2.75) is 26.2 Å². The number of hydrogen-bond donors (Lipinski definition) is 2. The molecule has 1 aliphatic carbocycles. The van der Waals surface area contributed by atoms with Crippen LogP contribution in [0.15, 0.2) is 18.5 Å². The lowest BCUT2D eigenvalue weighted by atomic mass is 9.91. The van der Waals surface area contributed by atoms with Crippen LogP contribution in [0.4, 0.5) is 11.1 Å². The first-order valence-electron chi connectivity index (χ1n) is 6.80. The maximum Gasteiger partial charge on any atom is 0.229 e. The lowest BCUT2D eigenvalue weighted by molar-refractivity contribution is 0.723. The molecule has 2 N–H and O–H groups in total. The minimum atomic E-state index is 0.443. The summed E-state index contributed by atoms with van der Waals surface area (Å²) in [5, 5.41) is 11.3. The third-order valence-electron chi connectivity index (χ3n) is 3.62. The lowest BCUT2D eigenvalue weighted by Gasteiger charge is -2.16. The molecule has 3 aromatic rings. The molecule has 0 spiro atoms. The quantitative estimate of drug-likeness (QED) is 0.760. The average Bonchev–Trinajstić information content (AvgIpc) is 3.05. The molecule has 0 saturated heterocycles. The number of fused-ring (bicyclic) bond motifs is 3. The van der Waals surface area contributed by atoms with Gasteiger partial charge in [0.05, 0.1) is 11.9 Å². The highest BCUT2D eigenvalue weighted by atomic mass is 32.1. The van der Waals surface area contributed by atoms with Gasteiger partial charge in [0.1, 0.15) is 0 Å². The van der Waals surface area contributed by atoms with Crippen molar-refractivity contribution in [3.8, 4) is 11.3 Å². The van der Waals surface area contributed by atoms with E-state index in [4.69, 9.17) is 4.98 Å². The van der Waals surface area contributed by atoms with E-state index in [2.05, 4.69) is 32.4 Å². The molecule has 1 unspecified atom stereocenters. The molecule has 0 fully saturated rings. The van der Waals surface area contributed by atoms with Crippen molar-refractivity contribution < 1.29 is 0 Å². The zero-order valence-corrected chi connectivity index (χ0v) is 12.5. The first kappa shape index (κ1) is 12.5. The molecule has 3 aromatic heterocycles. The predicted molar refractivity (Wildman–Crippen MR) is 81.9 cm³/mol. The molecule has 0 aliphatic heterocycles. The first-order valence-corrected chi connectivity index (χ1v) is 7.62. The van der Waals surface area contributed by atoms with E-state index >= 15 is 0 Å². The molecule has 3 heterocycles. The maximum atomic E-state index is 4.69. The van der Waals surface area contributed by atoms with Gasteiger partial charge >= 0.3 is 0 Å². The van der Waals surface area contributed by atoms with Crippen LogP contribution in [0.3, 0.4) is 0 Å². The van der Waals surface area contributed by atoms with Gasteiger partial charge in [0.25, 0.3) is 0 Å². The van der Waals surface area contributed by atoms with Crippen LogP contribution in [0.2, 0.25) is 0 Å². The standard InChI is InChI=1S/C14H14N6S/c1-7-5-10-12(9-6-16-20-11(7)9)18-14(21-10)19-13-15-4-3-8(2)17-13/h3-4,6-7H,5H2,1-2H3,(H,16,20)(H,15,17,18,19). The molecule has 0 radical (unpaired) electrons. The third kappa shape index (κ3) is 2.09. The van der Waals surface area contributed by atoms with E-state index in [1.54, 1.807) is 17.5 Å². The van der Waals surface area contributed by atoms with Crippen molar-refractivity contribution in [2.24, 2.45) is 0 Å². The van der Waals surface area contributed by atoms with Crippen molar-refractivity contribution in [2.75, 3.05) is 5.32 Å². The monoisotopic (exact) mass is 298 g/mol. The summed E-state index contributed by atoms with van der Waals surface area (Å²) in [7, 11) is 0. The number of H-pyrrole nitrogens is 1. The average molecular weight is 298 g/mol. The van der Waals surface area contributed by atoms with Crippen LogP contribution in [0.5, 0.6) is 0 Å². The number of aromatic amines is 1. The summed E-state index contributed by atoms with van der Waals surface area (Å²) in [5.41, 5.74) is 4.24. The van der Waals surface area contributed by atoms with Gasteiger partial charge in [-0.05, 0) is 19.4 Å². The predicted octanol–water partition coefficient (Wildman–Crippen LogP) is 3.03. The highest BCUT2D eigenvalue weighted by molar-refractivity contribution is 7.16. The smallest absolute Gasteiger partial charge is 0.229 e. The number of aromatic nitrogens is 5. The maximum absolute atomic E-state index is 4.69. The van der Waals surface area contributed by atoms with Crippen molar-refractivity contribution >= 4 is 22.4 Å². The first-order chi connectivity index (χ1) is 10.2. The highest BCUT2D eigenvalue weighted by Gasteiger charge is 2.27. The van der Waals surface area contributed by atoms with Gasteiger partial charge < -0.3 is 5.32 Å². The Morgan fingerprint density at radius 2 is 2.29 bits per heavy atom. The lowest BCUT2D eigenvalue weighted by Crippen LogP contribution is -2.06. The van der Waals surface area contributed by atoms with Gasteiger partial charge in [-0.3, -0.25) is 5.10 Å². The van der Waals surface area contributed by atoms with E-state index < -0.39 is 0 Å². The molecule has 1 aliphatic rings. The van der Waals surface area contributed by atoms with E-state index in [1.807, 2.05) is 19.2 Å². The highest BCUT2D eigenvalue weighted by Crippen LogP contribution is 2.42. The number of nitrogens with zero attached hydrogens (tertiary/aromatic N) is 4. The summed E-state index contributed by atoms with van der Waals surface area (Å²) >= 11 is 1.66. The van der Waals surface area contributed by atoms with Gasteiger partial charge in [-0.1, -0.05) is 6.92 Å². The number of thiazole rings is 1. The zero-order valence-electron chi connectivity index (χ0n) is 11.7. The Balaban J connectivity index is 1.71. The van der Waals surface area contributed by atoms with E-state index in [1.165, 1.54) is 10.6 Å². The van der Waals surface area contributed by atoms with Crippen LogP contribution in [0.25, 0.3) is 11.3 Å². The van der Waals surface area contributed by atoms with Crippen LogP contribution < -0.4 is 5.32 Å². The van der Waals surface area contributed by atoms with E-state index in [0.29, 0.717) is 11.9 Å². The Morgan fingerprint density at radius 1 is 1.38 bits per heavy atom. The van der Waals surface area contributed by atoms with Crippen LogP contribution in [-0.4, -0.2) is 25.1 Å². The summed E-state index contributed by atoms with van der Waals surface area (Å²) in [5.74, 6) is 1.03. The molecule has 0 bridgehead atoms. The molecular formula is C14H14N6S. The van der Waals surface area contributed by atoms with Crippen molar-refractivity contribution in [1.82, 2.24) is 25.1 Å². The van der Waals surface area contributed by atoms with E-state index in [0.717, 1.165) is 28.5 Å². The number of hydrogen-bond acceptors (Lipinski definition) is 6. The fraction of sp³-hybridized carbons (Fsp3) is 0.286. The number of anilines is 2. The fourth-order valence-corrected chi connectivity index (χ4v) is 3.70. The Hall–Kier alpha value is -2.28. The van der Waals surface area contributed by atoms with E-state index in [-0.39, 0.29) is 0 Å². The Morgan fingerprint density at radius 3 is 3.14 bits per heavy atom. The second-order valence-electron chi connectivity index (χ2n) is 5.24. The van der Waals surface area contributed by atoms with Gasteiger partial charge in [-0.2, -0.15) is 5.10 Å². The summed E-state index contributed by atoms with van der Waals surface area (Å²) < 4.78 is 0. The van der Waals surface area contributed by atoms with Gasteiger partial charge in [-0.25, -0.2) is 15.0 Å². The molecule has 0 aromatic carbocycles. The molecule has 7 heteroatoms. The van der Waals surface area contributed by atoms with Crippen LogP contribution in [-0.2, 0) is 6.42 Å². The van der Waals surface area contributed by atoms with Gasteiger partial charge in [0.15, 0.2) is 5.13 Å².